The summed E-state index contributed by atoms with van der Waals surface area (Å²) in [5.74, 6) is 0.411. The van der Waals surface area contributed by atoms with Crippen molar-refractivity contribution in [3.63, 3.8) is 0 Å². The number of allylic oxidation sites excluding steroid dienone is 1. The lowest BCUT2D eigenvalue weighted by Gasteiger charge is -2.25. The number of nitrogens with one attached hydrogen (secondary N) is 2. The third-order valence-corrected chi connectivity index (χ3v) is 2.00. The molecule has 0 radical (unpaired) electrons. The van der Waals surface area contributed by atoms with Crippen LogP contribution in [0.2, 0.25) is 0 Å². The molecule has 1 heterocycles. The number of carbonyl (C=O) groups is 1. The van der Waals surface area contributed by atoms with E-state index >= 15 is 0 Å². The summed E-state index contributed by atoms with van der Waals surface area (Å²) in [6.45, 7) is 4.43. The number of hydrogen-bond acceptors (Lipinski definition) is 2. The van der Waals surface area contributed by atoms with Crippen LogP contribution in [0.5, 0.6) is 0 Å². The highest BCUT2D eigenvalue weighted by atomic mass is 16.2. The van der Waals surface area contributed by atoms with E-state index in [1.165, 1.54) is 0 Å². The van der Waals surface area contributed by atoms with Gasteiger partial charge in [-0.3, -0.25) is 4.79 Å². The molecular formula is C9H16N2O. The predicted molar refractivity (Wildman–Crippen MR) is 48.8 cm³/mol. The van der Waals surface area contributed by atoms with Crippen LogP contribution in [-0.2, 0) is 4.79 Å². The summed E-state index contributed by atoms with van der Waals surface area (Å²) in [5.41, 5.74) is 0. The fraction of sp³-hybridized carbons (Fsp3) is 0.667. The molecule has 0 unspecified atom stereocenters. The molecule has 1 rings (SSSR count). The average Bonchev–Trinajstić information content (AvgIpc) is 1.95. The molecule has 1 amide bonds. The highest BCUT2D eigenvalue weighted by Gasteiger charge is 2.23. The molecule has 12 heavy (non-hydrogen) atoms. The minimum absolute atomic E-state index is 0.193. The second-order valence-electron chi connectivity index (χ2n) is 3.00. The highest BCUT2D eigenvalue weighted by molar-refractivity contribution is 5.79. The Kier molecular flexibility index (Phi) is 3.80. The van der Waals surface area contributed by atoms with Crippen LogP contribution in [-0.4, -0.2) is 25.5 Å². The van der Waals surface area contributed by atoms with Crippen LogP contribution in [0, 0.1) is 5.92 Å². The summed E-state index contributed by atoms with van der Waals surface area (Å²) in [6.07, 6.45) is 4.98. The van der Waals surface area contributed by atoms with Gasteiger partial charge in [-0.25, -0.2) is 0 Å². The van der Waals surface area contributed by atoms with E-state index in [4.69, 9.17) is 0 Å². The van der Waals surface area contributed by atoms with E-state index in [1.807, 2.05) is 13.0 Å². The Balaban J connectivity index is 2.02. The smallest absolute Gasteiger partial charge is 0.225 e. The first-order chi connectivity index (χ1) is 5.84. The van der Waals surface area contributed by atoms with Gasteiger partial charge in [0, 0.05) is 19.6 Å². The largest absolute Gasteiger partial charge is 0.355 e. The quantitative estimate of drug-likeness (QED) is 0.468. The number of amides is 1. The van der Waals surface area contributed by atoms with Crippen LogP contribution in [0.4, 0.5) is 0 Å². The summed E-state index contributed by atoms with van der Waals surface area (Å²) >= 11 is 0. The summed E-state index contributed by atoms with van der Waals surface area (Å²) in [7, 11) is 0. The van der Waals surface area contributed by atoms with Crippen LogP contribution in [0.15, 0.2) is 12.2 Å². The van der Waals surface area contributed by atoms with Crippen molar-refractivity contribution in [2.45, 2.75) is 13.3 Å². The number of hydrogen-bond donors (Lipinski definition) is 2. The molecule has 0 saturated carbocycles. The normalized spacial score (nSPS) is 17.8. The average molecular weight is 168 g/mol. The lowest BCUT2D eigenvalue weighted by Crippen LogP contribution is -2.50. The Morgan fingerprint density at radius 2 is 2.42 bits per heavy atom. The lowest BCUT2D eigenvalue weighted by atomic mass is 10.0. The molecule has 0 aromatic carbocycles. The first-order valence-electron chi connectivity index (χ1n) is 4.44. The standard InChI is InChI=1S/C9H16N2O/c1-2-3-4-5-11-9(12)8-6-10-7-8/h2-3,8,10H,4-7H2,1H3,(H,11,12)/b3-2+. The molecule has 1 aliphatic rings. The Hall–Kier alpha value is -0.830. The van der Waals surface area contributed by atoms with Gasteiger partial charge in [-0.1, -0.05) is 12.2 Å². The van der Waals surface area contributed by atoms with Gasteiger partial charge in [-0.2, -0.15) is 0 Å². The molecule has 2 N–H and O–H groups in total. The Morgan fingerprint density at radius 3 is 2.92 bits per heavy atom. The van der Waals surface area contributed by atoms with E-state index in [0.29, 0.717) is 0 Å². The Morgan fingerprint density at radius 1 is 1.67 bits per heavy atom. The summed E-state index contributed by atoms with van der Waals surface area (Å²) in [4.78, 5) is 11.2. The second kappa shape index (κ2) is 4.93. The zero-order chi connectivity index (χ0) is 8.81. The lowest BCUT2D eigenvalue weighted by molar-refractivity contribution is -0.126. The van der Waals surface area contributed by atoms with Crippen LogP contribution in [0.3, 0.4) is 0 Å². The minimum Gasteiger partial charge on any atom is -0.355 e. The van der Waals surface area contributed by atoms with Gasteiger partial charge < -0.3 is 10.6 Å². The summed E-state index contributed by atoms with van der Waals surface area (Å²) < 4.78 is 0. The topological polar surface area (TPSA) is 41.1 Å². The van der Waals surface area contributed by atoms with Crippen molar-refractivity contribution in [1.82, 2.24) is 10.6 Å². The molecule has 0 aromatic rings. The van der Waals surface area contributed by atoms with E-state index in [-0.39, 0.29) is 11.8 Å². The van der Waals surface area contributed by atoms with Gasteiger partial charge in [0.05, 0.1) is 5.92 Å². The van der Waals surface area contributed by atoms with Crippen molar-refractivity contribution in [2.75, 3.05) is 19.6 Å². The molecule has 3 heteroatoms. The van der Waals surface area contributed by atoms with Gasteiger partial charge in [-0.15, -0.1) is 0 Å². The second-order valence-corrected chi connectivity index (χ2v) is 3.00. The van der Waals surface area contributed by atoms with E-state index in [0.717, 1.165) is 26.1 Å². The minimum atomic E-state index is 0.193. The number of carbonyl (C=O) groups excluding carboxylic acids is 1. The fourth-order valence-corrected chi connectivity index (χ4v) is 1.06. The number of rotatable bonds is 4. The molecule has 0 aromatic heterocycles. The molecule has 68 valence electrons. The highest BCUT2D eigenvalue weighted by Crippen LogP contribution is 2.01. The first-order valence-corrected chi connectivity index (χ1v) is 4.44. The molecular weight excluding hydrogens is 152 g/mol. The van der Waals surface area contributed by atoms with Crippen molar-refractivity contribution in [3.8, 4) is 0 Å². The van der Waals surface area contributed by atoms with Gasteiger partial charge in [0.15, 0.2) is 0 Å². The maximum atomic E-state index is 11.2. The van der Waals surface area contributed by atoms with Gasteiger partial charge >= 0.3 is 0 Å². The fourth-order valence-electron chi connectivity index (χ4n) is 1.06. The molecule has 0 aliphatic carbocycles. The molecule has 1 saturated heterocycles. The van der Waals surface area contributed by atoms with E-state index in [2.05, 4.69) is 16.7 Å². The van der Waals surface area contributed by atoms with Crippen molar-refractivity contribution in [1.29, 1.82) is 0 Å². The third-order valence-electron chi connectivity index (χ3n) is 2.00. The van der Waals surface area contributed by atoms with Crippen molar-refractivity contribution >= 4 is 5.91 Å². The third kappa shape index (κ3) is 2.66. The molecule has 0 bridgehead atoms. The monoisotopic (exact) mass is 168 g/mol. The SMILES string of the molecule is C/C=C/CCNC(=O)C1CNC1. The maximum absolute atomic E-state index is 11.2. The van der Waals surface area contributed by atoms with E-state index < -0.39 is 0 Å². The molecule has 1 aliphatic heterocycles. The van der Waals surface area contributed by atoms with Gasteiger partial charge in [0.1, 0.15) is 0 Å². The molecule has 0 atom stereocenters. The maximum Gasteiger partial charge on any atom is 0.225 e. The predicted octanol–water partition coefficient (Wildman–Crippen LogP) is 0.288. The van der Waals surface area contributed by atoms with E-state index in [9.17, 15) is 4.79 Å². The molecule has 3 nitrogen and oxygen atoms in total. The summed E-state index contributed by atoms with van der Waals surface area (Å²) in [5, 5.41) is 5.96. The van der Waals surface area contributed by atoms with Gasteiger partial charge in [0.25, 0.3) is 0 Å². The van der Waals surface area contributed by atoms with Crippen LogP contribution in [0.25, 0.3) is 0 Å². The Bertz CT molecular complexity index is 173. The first kappa shape index (κ1) is 9.26. The Labute approximate surface area is 73.2 Å². The van der Waals surface area contributed by atoms with Gasteiger partial charge in [0.2, 0.25) is 5.91 Å². The van der Waals surface area contributed by atoms with Crippen LogP contribution >= 0.6 is 0 Å². The van der Waals surface area contributed by atoms with Crippen molar-refractivity contribution in [2.24, 2.45) is 5.92 Å². The van der Waals surface area contributed by atoms with Crippen molar-refractivity contribution in [3.05, 3.63) is 12.2 Å². The van der Waals surface area contributed by atoms with Crippen LogP contribution < -0.4 is 10.6 Å². The summed E-state index contributed by atoms with van der Waals surface area (Å²) in [6, 6.07) is 0. The van der Waals surface area contributed by atoms with Crippen molar-refractivity contribution < 1.29 is 4.79 Å². The zero-order valence-corrected chi connectivity index (χ0v) is 7.47. The van der Waals surface area contributed by atoms with Gasteiger partial charge in [-0.05, 0) is 13.3 Å². The molecule has 1 fully saturated rings. The zero-order valence-electron chi connectivity index (χ0n) is 7.47. The van der Waals surface area contributed by atoms with Crippen LogP contribution in [0.1, 0.15) is 13.3 Å². The molecule has 0 spiro atoms. The van der Waals surface area contributed by atoms with E-state index in [1.54, 1.807) is 0 Å².